The number of hydrogen-bond acceptors (Lipinski definition) is 5. The van der Waals surface area contributed by atoms with Crippen molar-refractivity contribution in [1.29, 1.82) is 0 Å². The Labute approximate surface area is 139 Å². The molecule has 0 radical (unpaired) electrons. The zero-order chi connectivity index (χ0) is 16.1. The number of likely N-dealkylation sites (tertiary alicyclic amines) is 1. The minimum Gasteiger partial charge on any atom is -0.396 e. The van der Waals surface area contributed by atoms with E-state index in [1.807, 2.05) is 30.3 Å². The van der Waals surface area contributed by atoms with Crippen molar-refractivity contribution in [2.24, 2.45) is 5.92 Å². The SMILES string of the molecule is O=C(NCc1nnc(-c2ccccc2)s1)N1CCCC(CO)C1. The highest BCUT2D eigenvalue weighted by Gasteiger charge is 2.23. The minimum absolute atomic E-state index is 0.0976. The Hall–Kier alpha value is -1.99. The van der Waals surface area contributed by atoms with Crippen LogP contribution in [0.2, 0.25) is 0 Å². The van der Waals surface area contributed by atoms with Crippen LogP contribution in [0.3, 0.4) is 0 Å². The average molecular weight is 332 g/mol. The van der Waals surface area contributed by atoms with Crippen molar-refractivity contribution < 1.29 is 9.90 Å². The van der Waals surface area contributed by atoms with Crippen LogP contribution in [-0.2, 0) is 6.54 Å². The third-order valence-electron chi connectivity index (χ3n) is 3.94. The monoisotopic (exact) mass is 332 g/mol. The number of aliphatic hydroxyl groups is 1. The Morgan fingerprint density at radius 1 is 1.35 bits per heavy atom. The predicted octanol–water partition coefficient (Wildman–Crippen LogP) is 2.12. The molecule has 0 bridgehead atoms. The molecule has 1 saturated heterocycles. The molecule has 2 N–H and O–H groups in total. The van der Waals surface area contributed by atoms with E-state index in [9.17, 15) is 9.90 Å². The van der Waals surface area contributed by atoms with Crippen LogP contribution in [0, 0.1) is 5.92 Å². The standard InChI is InChI=1S/C16H20N4O2S/c21-11-12-5-4-8-20(10-12)16(22)17-9-14-18-19-15(23-14)13-6-2-1-3-7-13/h1-3,6-7,12,21H,4-5,8-11H2,(H,17,22). The second kappa shape index (κ2) is 7.52. The van der Waals surface area contributed by atoms with Gasteiger partial charge in [0.1, 0.15) is 10.0 Å². The van der Waals surface area contributed by atoms with Crippen molar-refractivity contribution >= 4 is 17.4 Å². The summed E-state index contributed by atoms with van der Waals surface area (Å²) in [6.45, 7) is 1.88. The van der Waals surface area contributed by atoms with Gasteiger partial charge >= 0.3 is 6.03 Å². The molecular weight excluding hydrogens is 312 g/mol. The molecule has 23 heavy (non-hydrogen) atoms. The largest absolute Gasteiger partial charge is 0.396 e. The van der Waals surface area contributed by atoms with E-state index in [0.29, 0.717) is 13.1 Å². The highest BCUT2D eigenvalue weighted by molar-refractivity contribution is 7.14. The van der Waals surface area contributed by atoms with Crippen LogP contribution in [-0.4, -0.2) is 45.9 Å². The first-order valence-electron chi connectivity index (χ1n) is 7.77. The molecule has 122 valence electrons. The van der Waals surface area contributed by atoms with Gasteiger partial charge in [-0.3, -0.25) is 0 Å². The zero-order valence-electron chi connectivity index (χ0n) is 12.8. The van der Waals surface area contributed by atoms with E-state index < -0.39 is 0 Å². The van der Waals surface area contributed by atoms with Crippen molar-refractivity contribution in [2.45, 2.75) is 19.4 Å². The molecule has 6 nitrogen and oxygen atoms in total. The molecule has 3 rings (SSSR count). The van der Waals surface area contributed by atoms with Gasteiger partial charge in [-0.25, -0.2) is 4.79 Å². The summed E-state index contributed by atoms with van der Waals surface area (Å²) in [5.41, 5.74) is 1.03. The molecule has 1 fully saturated rings. The number of piperidine rings is 1. The van der Waals surface area contributed by atoms with Gasteiger partial charge in [0.15, 0.2) is 0 Å². The Morgan fingerprint density at radius 2 is 2.17 bits per heavy atom. The molecular formula is C16H20N4O2S. The molecule has 1 aliphatic heterocycles. The maximum atomic E-state index is 12.2. The summed E-state index contributed by atoms with van der Waals surface area (Å²) >= 11 is 1.48. The summed E-state index contributed by atoms with van der Waals surface area (Å²) in [6, 6.07) is 9.78. The van der Waals surface area contributed by atoms with Gasteiger partial charge < -0.3 is 15.3 Å². The number of nitrogens with one attached hydrogen (secondary N) is 1. The fourth-order valence-corrected chi connectivity index (χ4v) is 3.47. The van der Waals surface area contributed by atoms with Crippen LogP contribution in [0.15, 0.2) is 30.3 Å². The molecule has 1 unspecified atom stereocenters. The molecule has 1 atom stereocenters. The molecule has 2 amide bonds. The number of carbonyl (C=O) groups is 1. The van der Waals surface area contributed by atoms with E-state index in [1.54, 1.807) is 4.90 Å². The van der Waals surface area contributed by atoms with Crippen LogP contribution in [0.5, 0.6) is 0 Å². The van der Waals surface area contributed by atoms with Crippen molar-refractivity contribution in [3.8, 4) is 10.6 Å². The third-order valence-corrected chi connectivity index (χ3v) is 4.92. The van der Waals surface area contributed by atoms with Crippen molar-refractivity contribution in [1.82, 2.24) is 20.4 Å². The molecule has 1 aliphatic rings. The number of aromatic nitrogens is 2. The summed E-state index contributed by atoms with van der Waals surface area (Å²) in [7, 11) is 0. The second-order valence-electron chi connectivity index (χ2n) is 5.66. The third kappa shape index (κ3) is 4.05. The highest BCUT2D eigenvalue weighted by atomic mass is 32.1. The average Bonchev–Trinajstić information content (AvgIpc) is 3.09. The number of hydrogen-bond donors (Lipinski definition) is 2. The Balaban J connectivity index is 1.54. The van der Waals surface area contributed by atoms with E-state index in [1.165, 1.54) is 11.3 Å². The normalized spacial score (nSPS) is 18.0. The van der Waals surface area contributed by atoms with Gasteiger partial charge in [0.2, 0.25) is 0 Å². The number of carbonyl (C=O) groups excluding carboxylic acids is 1. The number of nitrogens with zero attached hydrogens (tertiary/aromatic N) is 3. The number of rotatable bonds is 4. The van der Waals surface area contributed by atoms with Crippen molar-refractivity contribution in [3.05, 3.63) is 35.3 Å². The van der Waals surface area contributed by atoms with Gasteiger partial charge in [0.25, 0.3) is 0 Å². The topological polar surface area (TPSA) is 78.4 Å². The lowest BCUT2D eigenvalue weighted by atomic mass is 9.99. The first-order valence-corrected chi connectivity index (χ1v) is 8.59. The lowest BCUT2D eigenvalue weighted by Crippen LogP contribution is -2.45. The number of amides is 2. The van der Waals surface area contributed by atoms with Crippen LogP contribution in [0.25, 0.3) is 10.6 Å². The lowest BCUT2D eigenvalue weighted by Gasteiger charge is -2.31. The van der Waals surface area contributed by atoms with Crippen LogP contribution in [0.1, 0.15) is 17.8 Å². The molecule has 1 aromatic carbocycles. The molecule has 2 aromatic rings. The van der Waals surface area contributed by atoms with E-state index >= 15 is 0 Å². The second-order valence-corrected chi connectivity index (χ2v) is 6.72. The Morgan fingerprint density at radius 3 is 2.96 bits per heavy atom. The maximum Gasteiger partial charge on any atom is 0.317 e. The van der Waals surface area contributed by atoms with Crippen molar-refractivity contribution in [3.63, 3.8) is 0 Å². The first kappa shape index (κ1) is 15.9. The Kier molecular flexibility index (Phi) is 5.19. The zero-order valence-corrected chi connectivity index (χ0v) is 13.6. The molecule has 7 heteroatoms. The van der Waals surface area contributed by atoms with Gasteiger partial charge in [-0.05, 0) is 18.8 Å². The van der Waals surface area contributed by atoms with Crippen LogP contribution < -0.4 is 5.32 Å². The Bertz CT molecular complexity index is 647. The number of urea groups is 1. The van der Waals surface area contributed by atoms with E-state index in [4.69, 9.17) is 0 Å². The van der Waals surface area contributed by atoms with E-state index in [-0.39, 0.29) is 18.6 Å². The fraction of sp³-hybridized carbons (Fsp3) is 0.438. The fourth-order valence-electron chi connectivity index (χ4n) is 2.68. The summed E-state index contributed by atoms with van der Waals surface area (Å²) < 4.78 is 0. The van der Waals surface area contributed by atoms with E-state index in [2.05, 4.69) is 15.5 Å². The minimum atomic E-state index is -0.0976. The van der Waals surface area contributed by atoms with Gasteiger partial charge in [-0.15, -0.1) is 10.2 Å². The first-order chi connectivity index (χ1) is 11.3. The predicted molar refractivity (Wildman–Crippen MR) is 89.0 cm³/mol. The molecule has 0 saturated carbocycles. The molecule has 2 heterocycles. The number of aliphatic hydroxyl groups excluding tert-OH is 1. The van der Waals surface area contributed by atoms with Gasteiger partial charge in [-0.1, -0.05) is 41.7 Å². The van der Waals surface area contributed by atoms with Crippen LogP contribution in [0.4, 0.5) is 4.79 Å². The lowest BCUT2D eigenvalue weighted by molar-refractivity contribution is 0.129. The summed E-state index contributed by atoms with van der Waals surface area (Å²) in [5, 5.41) is 22.1. The summed E-state index contributed by atoms with van der Waals surface area (Å²) in [4.78, 5) is 14.0. The maximum absolute atomic E-state index is 12.2. The smallest absolute Gasteiger partial charge is 0.317 e. The van der Waals surface area contributed by atoms with Gasteiger partial charge in [0, 0.05) is 25.3 Å². The van der Waals surface area contributed by atoms with Crippen molar-refractivity contribution in [2.75, 3.05) is 19.7 Å². The van der Waals surface area contributed by atoms with Gasteiger partial charge in [-0.2, -0.15) is 0 Å². The molecule has 0 spiro atoms. The summed E-state index contributed by atoms with van der Waals surface area (Å²) in [5.74, 6) is 0.195. The highest BCUT2D eigenvalue weighted by Crippen LogP contribution is 2.23. The molecule has 1 aromatic heterocycles. The molecule has 0 aliphatic carbocycles. The number of benzene rings is 1. The van der Waals surface area contributed by atoms with E-state index in [0.717, 1.165) is 35.0 Å². The van der Waals surface area contributed by atoms with Crippen LogP contribution >= 0.6 is 11.3 Å². The summed E-state index contributed by atoms with van der Waals surface area (Å²) in [6.07, 6.45) is 1.92. The quantitative estimate of drug-likeness (QED) is 0.899. The van der Waals surface area contributed by atoms with Gasteiger partial charge in [0.05, 0.1) is 6.54 Å².